The topological polar surface area (TPSA) is 65.0 Å². The highest BCUT2D eigenvalue weighted by molar-refractivity contribution is 6.14. The van der Waals surface area contributed by atoms with Crippen LogP contribution in [0.3, 0.4) is 0 Å². The zero-order chi connectivity index (χ0) is 20.4. The fraction of sp³-hybridized carbons (Fsp3) is 0.125. The highest BCUT2D eigenvalue weighted by atomic mass is 16.5. The third-order valence-electron chi connectivity index (χ3n) is 4.86. The van der Waals surface area contributed by atoms with Crippen LogP contribution in [-0.2, 0) is 0 Å². The number of carbonyl (C=O) groups is 1. The number of ketones is 1. The quantitative estimate of drug-likeness (QED) is 0.650. The van der Waals surface area contributed by atoms with Crippen LogP contribution in [0.2, 0.25) is 0 Å². The number of methoxy groups -OCH3 is 2. The summed E-state index contributed by atoms with van der Waals surface area (Å²) in [5.74, 6) is 1.73. The van der Waals surface area contributed by atoms with Gasteiger partial charge in [0.1, 0.15) is 23.0 Å². The molecule has 0 bridgehead atoms. The Morgan fingerprint density at radius 3 is 2.14 bits per heavy atom. The van der Waals surface area contributed by atoms with Gasteiger partial charge in [0.05, 0.1) is 19.8 Å². The van der Waals surface area contributed by atoms with Crippen molar-refractivity contribution in [3.05, 3.63) is 89.0 Å². The number of phenolic OH excluding ortho intramolecular Hbond substituents is 1. The standard InChI is InChI=1S/C24H20O5/c1-27-18-8-3-15(4-9-18)13-21-23(26)20-12-7-17(25)14-22(20)29-24(21)16-5-10-19(28-2)11-6-16/h3-14,24-25H,1-2H3. The largest absolute Gasteiger partial charge is 0.508 e. The lowest BCUT2D eigenvalue weighted by atomic mass is 9.89. The van der Waals surface area contributed by atoms with Crippen molar-refractivity contribution in [3.63, 3.8) is 0 Å². The van der Waals surface area contributed by atoms with Crippen LogP contribution < -0.4 is 14.2 Å². The SMILES string of the molecule is COc1ccc(C=C2C(=O)c3ccc(O)cc3OC2c2ccc(OC)cc2)cc1. The summed E-state index contributed by atoms with van der Waals surface area (Å²) >= 11 is 0. The van der Waals surface area contributed by atoms with Crippen molar-refractivity contribution >= 4 is 11.9 Å². The number of fused-ring (bicyclic) bond motifs is 1. The Labute approximate surface area is 168 Å². The summed E-state index contributed by atoms with van der Waals surface area (Å²) in [6, 6.07) is 19.4. The van der Waals surface area contributed by atoms with E-state index in [0.717, 1.165) is 22.6 Å². The normalized spacial score (nSPS) is 16.8. The van der Waals surface area contributed by atoms with Crippen LogP contribution in [-0.4, -0.2) is 25.1 Å². The van der Waals surface area contributed by atoms with Gasteiger partial charge < -0.3 is 19.3 Å². The van der Waals surface area contributed by atoms with Crippen LogP contribution in [0.25, 0.3) is 6.08 Å². The number of ether oxygens (including phenoxy) is 3. The van der Waals surface area contributed by atoms with E-state index in [-0.39, 0.29) is 11.5 Å². The van der Waals surface area contributed by atoms with Crippen LogP contribution >= 0.6 is 0 Å². The van der Waals surface area contributed by atoms with Crippen molar-refractivity contribution in [2.45, 2.75) is 6.10 Å². The smallest absolute Gasteiger partial charge is 0.196 e. The van der Waals surface area contributed by atoms with Gasteiger partial charge in [-0.3, -0.25) is 4.79 Å². The number of aromatic hydroxyl groups is 1. The zero-order valence-electron chi connectivity index (χ0n) is 16.1. The van der Waals surface area contributed by atoms with Crippen molar-refractivity contribution in [1.29, 1.82) is 0 Å². The molecular weight excluding hydrogens is 368 g/mol. The third kappa shape index (κ3) is 3.67. The predicted molar refractivity (Wildman–Crippen MR) is 110 cm³/mol. The number of rotatable bonds is 4. The van der Waals surface area contributed by atoms with Crippen LogP contribution in [0.15, 0.2) is 72.3 Å². The lowest BCUT2D eigenvalue weighted by Gasteiger charge is -2.28. The summed E-state index contributed by atoms with van der Waals surface area (Å²) in [6.07, 6.45) is 1.22. The minimum atomic E-state index is -0.607. The maximum Gasteiger partial charge on any atom is 0.196 e. The van der Waals surface area contributed by atoms with Gasteiger partial charge in [0, 0.05) is 11.6 Å². The van der Waals surface area contributed by atoms with Crippen LogP contribution in [0.4, 0.5) is 0 Å². The highest BCUT2D eigenvalue weighted by Gasteiger charge is 2.33. The molecule has 1 atom stereocenters. The first-order chi connectivity index (χ1) is 14.1. The van der Waals surface area contributed by atoms with Crippen molar-refractivity contribution < 1.29 is 24.1 Å². The van der Waals surface area contributed by atoms with Crippen molar-refractivity contribution in [2.24, 2.45) is 0 Å². The molecule has 0 saturated carbocycles. The van der Waals surface area contributed by atoms with Gasteiger partial charge in [-0.15, -0.1) is 0 Å². The Hall–Kier alpha value is -3.73. The molecule has 0 radical (unpaired) electrons. The van der Waals surface area contributed by atoms with Gasteiger partial charge in [-0.05, 0) is 53.6 Å². The lowest BCUT2D eigenvalue weighted by Crippen LogP contribution is -2.23. The minimum absolute atomic E-state index is 0.0487. The Bertz CT molecular complexity index is 1070. The predicted octanol–water partition coefficient (Wildman–Crippen LogP) is 4.81. The first-order valence-corrected chi connectivity index (χ1v) is 9.13. The van der Waals surface area contributed by atoms with Crippen molar-refractivity contribution in [3.8, 4) is 23.0 Å². The Kier molecular flexibility index (Phi) is 4.96. The summed E-state index contributed by atoms with van der Waals surface area (Å²) < 4.78 is 16.6. The molecule has 1 aliphatic rings. The molecular formula is C24H20O5. The summed E-state index contributed by atoms with van der Waals surface area (Å²) in [7, 11) is 3.21. The number of hydrogen-bond donors (Lipinski definition) is 1. The van der Waals surface area contributed by atoms with E-state index in [0.29, 0.717) is 16.9 Å². The van der Waals surface area contributed by atoms with E-state index in [1.165, 1.54) is 12.1 Å². The first kappa shape index (κ1) is 18.6. The molecule has 0 saturated heterocycles. The van der Waals surface area contributed by atoms with E-state index in [2.05, 4.69) is 0 Å². The van der Waals surface area contributed by atoms with Gasteiger partial charge in [0.25, 0.3) is 0 Å². The Morgan fingerprint density at radius 2 is 1.52 bits per heavy atom. The summed E-state index contributed by atoms with van der Waals surface area (Å²) in [5, 5.41) is 9.82. The number of hydrogen-bond acceptors (Lipinski definition) is 5. The zero-order valence-corrected chi connectivity index (χ0v) is 16.1. The van der Waals surface area contributed by atoms with Gasteiger partial charge >= 0.3 is 0 Å². The molecule has 0 amide bonds. The van der Waals surface area contributed by atoms with Crippen LogP contribution in [0.5, 0.6) is 23.0 Å². The molecule has 5 nitrogen and oxygen atoms in total. The molecule has 4 rings (SSSR count). The maximum atomic E-state index is 13.3. The number of phenols is 1. The fourth-order valence-corrected chi connectivity index (χ4v) is 3.31. The van der Waals surface area contributed by atoms with Gasteiger partial charge in [0.15, 0.2) is 11.9 Å². The summed E-state index contributed by atoms with van der Waals surface area (Å²) in [4.78, 5) is 13.3. The summed E-state index contributed by atoms with van der Waals surface area (Å²) in [5.41, 5.74) is 2.61. The van der Waals surface area contributed by atoms with Gasteiger partial charge in [-0.1, -0.05) is 24.3 Å². The first-order valence-electron chi connectivity index (χ1n) is 9.13. The molecule has 1 N–H and O–H groups in total. The molecule has 3 aromatic carbocycles. The van der Waals surface area contributed by atoms with Gasteiger partial charge in [0.2, 0.25) is 0 Å². The third-order valence-corrected chi connectivity index (χ3v) is 4.86. The second kappa shape index (κ2) is 7.72. The van der Waals surface area contributed by atoms with E-state index < -0.39 is 6.10 Å². The molecule has 146 valence electrons. The van der Waals surface area contributed by atoms with E-state index in [4.69, 9.17) is 14.2 Å². The highest BCUT2D eigenvalue weighted by Crippen LogP contribution is 2.41. The monoisotopic (exact) mass is 388 g/mol. The van der Waals surface area contributed by atoms with Crippen molar-refractivity contribution in [1.82, 2.24) is 0 Å². The minimum Gasteiger partial charge on any atom is -0.508 e. The van der Waals surface area contributed by atoms with E-state index in [9.17, 15) is 9.90 Å². The fourth-order valence-electron chi connectivity index (χ4n) is 3.31. The maximum absolute atomic E-state index is 13.3. The molecule has 0 aromatic heterocycles. The molecule has 1 unspecified atom stereocenters. The second-order valence-electron chi connectivity index (χ2n) is 6.65. The Balaban J connectivity index is 1.81. The average Bonchev–Trinajstić information content (AvgIpc) is 2.76. The number of carbonyl (C=O) groups excluding carboxylic acids is 1. The molecule has 1 heterocycles. The molecule has 0 spiro atoms. The molecule has 1 aliphatic heterocycles. The molecule has 0 fully saturated rings. The van der Waals surface area contributed by atoms with Crippen LogP contribution in [0, 0.1) is 0 Å². The van der Waals surface area contributed by atoms with Gasteiger partial charge in [-0.2, -0.15) is 0 Å². The molecule has 3 aromatic rings. The average molecular weight is 388 g/mol. The number of benzene rings is 3. The van der Waals surface area contributed by atoms with E-state index in [1.54, 1.807) is 20.3 Å². The number of Topliss-reactive ketones (excluding diaryl/α,β-unsaturated/α-hetero) is 1. The Morgan fingerprint density at radius 1 is 0.897 bits per heavy atom. The second-order valence-corrected chi connectivity index (χ2v) is 6.65. The molecule has 5 heteroatoms. The van der Waals surface area contributed by atoms with E-state index in [1.807, 2.05) is 54.6 Å². The summed E-state index contributed by atoms with van der Waals surface area (Å²) in [6.45, 7) is 0. The van der Waals surface area contributed by atoms with E-state index >= 15 is 0 Å². The molecule has 0 aliphatic carbocycles. The van der Waals surface area contributed by atoms with Crippen LogP contribution in [0.1, 0.15) is 27.6 Å². The lowest BCUT2D eigenvalue weighted by molar-refractivity contribution is 0.0963. The van der Waals surface area contributed by atoms with Crippen molar-refractivity contribution in [2.75, 3.05) is 14.2 Å². The van der Waals surface area contributed by atoms with Gasteiger partial charge in [-0.25, -0.2) is 0 Å². The molecule has 29 heavy (non-hydrogen) atoms.